The molecule has 0 saturated carbocycles. The highest BCUT2D eigenvalue weighted by Crippen LogP contribution is 2.24. The van der Waals surface area contributed by atoms with Gasteiger partial charge in [0.2, 0.25) is 0 Å². The van der Waals surface area contributed by atoms with Crippen LogP contribution in [0.15, 0.2) is 24.1 Å². The van der Waals surface area contributed by atoms with Crippen LogP contribution in [0.5, 0.6) is 0 Å². The van der Waals surface area contributed by atoms with E-state index in [1.54, 1.807) is 0 Å². The second-order valence-corrected chi connectivity index (χ2v) is 4.49. The molecule has 0 spiro atoms. The van der Waals surface area contributed by atoms with Gasteiger partial charge in [-0.25, -0.2) is 4.98 Å². The maximum atomic E-state index is 5.62. The highest BCUT2D eigenvalue weighted by molar-refractivity contribution is 7.13. The maximum Gasteiger partial charge on any atom is 0.180 e. The SMILES string of the molecule is C=CCN1CC=C(c2csc(N)n2)CC1. The van der Waals surface area contributed by atoms with Crippen molar-refractivity contribution in [2.24, 2.45) is 0 Å². The van der Waals surface area contributed by atoms with Gasteiger partial charge >= 0.3 is 0 Å². The normalized spacial score (nSPS) is 17.5. The summed E-state index contributed by atoms with van der Waals surface area (Å²) in [6.45, 7) is 6.77. The lowest BCUT2D eigenvalue weighted by Gasteiger charge is -2.24. The van der Waals surface area contributed by atoms with Gasteiger partial charge in [0.05, 0.1) is 5.69 Å². The van der Waals surface area contributed by atoms with E-state index in [2.05, 4.69) is 22.5 Å². The van der Waals surface area contributed by atoms with Crippen LogP contribution in [0, 0.1) is 0 Å². The van der Waals surface area contributed by atoms with E-state index in [9.17, 15) is 0 Å². The summed E-state index contributed by atoms with van der Waals surface area (Å²) in [5, 5.41) is 2.68. The topological polar surface area (TPSA) is 42.1 Å². The minimum Gasteiger partial charge on any atom is -0.375 e. The Morgan fingerprint density at radius 2 is 2.53 bits per heavy atom. The van der Waals surface area contributed by atoms with Gasteiger partial charge in [0.1, 0.15) is 0 Å². The van der Waals surface area contributed by atoms with Crippen LogP contribution in [0.2, 0.25) is 0 Å². The second kappa shape index (κ2) is 4.59. The molecular formula is C11H15N3S. The molecule has 2 rings (SSSR count). The Morgan fingerprint density at radius 1 is 1.67 bits per heavy atom. The Labute approximate surface area is 93.9 Å². The van der Waals surface area contributed by atoms with Gasteiger partial charge < -0.3 is 5.73 Å². The molecule has 1 aromatic rings. The Hall–Kier alpha value is -1.13. The largest absolute Gasteiger partial charge is 0.375 e. The number of nitrogens with two attached hydrogens (primary N) is 1. The number of hydrogen-bond donors (Lipinski definition) is 1. The highest BCUT2D eigenvalue weighted by atomic mass is 32.1. The molecule has 1 aliphatic heterocycles. The molecule has 0 saturated heterocycles. The van der Waals surface area contributed by atoms with E-state index in [0.717, 1.165) is 31.7 Å². The average Bonchev–Trinajstić information content (AvgIpc) is 2.67. The number of anilines is 1. The maximum absolute atomic E-state index is 5.62. The number of hydrogen-bond acceptors (Lipinski definition) is 4. The molecule has 0 fully saturated rings. The summed E-state index contributed by atoms with van der Waals surface area (Å²) in [5.41, 5.74) is 7.99. The molecule has 15 heavy (non-hydrogen) atoms. The first-order chi connectivity index (χ1) is 7.29. The van der Waals surface area contributed by atoms with Crippen molar-refractivity contribution in [3.8, 4) is 0 Å². The van der Waals surface area contributed by atoms with E-state index in [1.165, 1.54) is 16.9 Å². The van der Waals surface area contributed by atoms with Gasteiger partial charge in [-0.2, -0.15) is 0 Å². The fraction of sp³-hybridized carbons (Fsp3) is 0.364. The van der Waals surface area contributed by atoms with E-state index < -0.39 is 0 Å². The van der Waals surface area contributed by atoms with Crippen molar-refractivity contribution in [1.29, 1.82) is 0 Å². The van der Waals surface area contributed by atoms with Crippen molar-refractivity contribution in [1.82, 2.24) is 9.88 Å². The number of thiazole rings is 1. The van der Waals surface area contributed by atoms with Crippen LogP contribution in [0.1, 0.15) is 12.1 Å². The Kier molecular flexibility index (Phi) is 3.18. The van der Waals surface area contributed by atoms with E-state index in [0.29, 0.717) is 5.13 Å². The standard InChI is InChI=1S/C11H15N3S/c1-2-5-14-6-3-9(4-7-14)10-8-15-11(12)13-10/h2-3,8H,1,4-7H2,(H2,12,13). The fourth-order valence-corrected chi connectivity index (χ4v) is 2.31. The van der Waals surface area contributed by atoms with E-state index in [4.69, 9.17) is 5.73 Å². The molecule has 2 heterocycles. The zero-order valence-corrected chi connectivity index (χ0v) is 9.46. The van der Waals surface area contributed by atoms with Crippen molar-refractivity contribution >= 4 is 22.0 Å². The van der Waals surface area contributed by atoms with Crippen LogP contribution in [-0.4, -0.2) is 29.5 Å². The first kappa shape index (κ1) is 10.4. The molecule has 0 amide bonds. The van der Waals surface area contributed by atoms with Gasteiger partial charge in [0, 0.05) is 25.0 Å². The van der Waals surface area contributed by atoms with Crippen molar-refractivity contribution in [3.05, 3.63) is 29.8 Å². The lowest BCUT2D eigenvalue weighted by Crippen LogP contribution is -2.28. The average molecular weight is 221 g/mol. The molecule has 80 valence electrons. The van der Waals surface area contributed by atoms with Crippen molar-refractivity contribution in [2.45, 2.75) is 6.42 Å². The lowest BCUT2D eigenvalue weighted by molar-refractivity contribution is 0.334. The van der Waals surface area contributed by atoms with Gasteiger partial charge in [-0.3, -0.25) is 4.90 Å². The predicted octanol–water partition coefficient (Wildman–Crippen LogP) is 2.00. The van der Waals surface area contributed by atoms with Crippen molar-refractivity contribution < 1.29 is 0 Å². The molecule has 0 radical (unpaired) electrons. The summed E-state index contributed by atoms with van der Waals surface area (Å²) in [6, 6.07) is 0. The third kappa shape index (κ3) is 2.46. The summed E-state index contributed by atoms with van der Waals surface area (Å²) < 4.78 is 0. The zero-order valence-electron chi connectivity index (χ0n) is 8.65. The molecule has 1 aliphatic rings. The summed E-state index contributed by atoms with van der Waals surface area (Å²) in [6.07, 6.45) is 5.23. The molecule has 3 nitrogen and oxygen atoms in total. The van der Waals surface area contributed by atoms with Gasteiger partial charge in [0.15, 0.2) is 5.13 Å². The van der Waals surface area contributed by atoms with E-state index in [1.807, 2.05) is 11.5 Å². The summed E-state index contributed by atoms with van der Waals surface area (Å²) >= 11 is 1.51. The van der Waals surface area contributed by atoms with Gasteiger partial charge in [0.25, 0.3) is 0 Å². The van der Waals surface area contributed by atoms with Gasteiger partial charge in [-0.15, -0.1) is 17.9 Å². The quantitative estimate of drug-likeness (QED) is 0.794. The van der Waals surface area contributed by atoms with Gasteiger partial charge in [-0.1, -0.05) is 12.2 Å². The first-order valence-electron chi connectivity index (χ1n) is 5.03. The molecule has 0 bridgehead atoms. The molecule has 0 aromatic carbocycles. The molecule has 0 aliphatic carbocycles. The molecular weight excluding hydrogens is 206 g/mol. The van der Waals surface area contributed by atoms with Crippen LogP contribution in [0.3, 0.4) is 0 Å². The zero-order chi connectivity index (χ0) is 10.7. The monoisotopic (exact) mass is 221 g/mol. The smallest absolute Gasteiger partial charge is 0.180 e. The minimum absolute atomic E-state index is 0.652. The van der Waals surface area contributed by atoms with Crippen LogP contribution in [0.4, 0.5) is 5.13 Å². The third-order valence-electron chi connectivity index (χ3n) is 2.53. The first-order valence-corrected chi connectivity index (χ1v) is 5.91. The van der Waals surface area contributed by atoms with Gasteiger partial charge in [-0.05, 0) is 12.0 Å². The summed E-state index contributed by atoms with van der Waals surface area (Å²) in [5.74, 6) is 0. The number of nitrogen functional groups attached to an aromatic ring is 1. The lowest BCUT2D eigenvalue weighted by atomic mass is 10.1. The molecule has 4 heteroatoms. The van der Waals surface area contributed by atoms with Crippen molar-refractivity contribution in [3.63, 3.8) is 0 Å². The Morgan fingerprint density at radius 3 is 3.07 bits per heavy atom. The fourth-order valence-electron chi connectivity index (χ4n) is 1.73. The Bertz CT molecular complexity index is 381. The summed E-state index contributed by atoms with van der Waals surface area (Å²) in [4.78, 5) is 6.65. The highest BCUT2D eigenvalue weighted by Gasteiger charge is 2.13. The van der Waals surface area contributed by atoms with Crippen LogP contribution >= 0.6 is 11.3 Å². The Balaban J connectivity index is 2.04. The molecule has 1 aromatic heterocycles. The summed E-state index contributed by atoms with van der Waals surface area (Å²) in [7, 11) is 0. The predicted molar refractivity (Wildman–Crippen MR) is 65.8 cm³/mol. The van der Waals surface area contributed by atoms with Crippen molar-refractivity contribution in [2.75, 3.05) is 25.4 Å². The van der Waals surface area contributed by atoms with Crippen LogP contribution in [-0.2, 0) is 0 Å². The second-order valence-electron chi connectivity index (χ2n) is 3.60. The van der Waals surface area contributed by atoms with Crippen LogP contribution < -0.4 is 5.73 Å². The molecule has 2 N–H and O–H groups in total. The number of nitrogens with zero attached hydrogens (tertiary/aromatic N) is 2. The minimum atomic E-state index is 0.652. The van der Waals surface area contributed by atoms with E-state index in [-0.39, 0.29) is 0 Å². The molecule has 0 unspecified atom stereocenters. The third-order valence-corrected chi connectivity index (χ3v) is 3.21. The van der Waals surface area contributed by atoms with Crippen LogP contribution in [0.25, 0.3) is 5.57 Å². The number of aromatic nitrogens is 1. The van der Waals surface area contributed by atoms with E-state index >= 15 is 0 Å². The number of rotatable bonds is 3. The molecule has 0 atom stereocenters.